The molecule has 0 unspecified atom stereocenters. The highest BCUT2D eigenvalue weighted by molar-refractivity contribution is 7.90. The van der Waals surface area contributed by atoms with Crippen LogP contribution >= 0.6 is 35.6 Å². The molecule has 0 saturated heterocycles. The predicted octanol–water partition coefficient (Wildman–Crippen LogP) is 6.52. The lowest BCUT2D eigenvalue weighted by Crippen LogP contribution is -2.13. The predicted molar refractivity (Wildman–Crippen MR) is 135 cm³/mol. The van der Waals surface area contributed by atoms with Crippen molar-refractivity contribution in [3.05, 3.63) is 87.8 Å². The van der Waals surface area contributed by atoms with Gasteiger partial charge in [0.15, 0.2) is 0 Å². The van der Waals surface area contributed by atoms with Gasteiger partial charge in [0.05, 0.1) is 16.2 Å². The first-order valence-electron chi connectivity index (χ1n) is 9.73. The van der Waals surface area contributed by atoms with Crippen molar-refractivity contribution in [3.8, 4) is 0 Å². The molecule has 4 aromatic rings. The summed E-state index contributed by atoms with van der Waals surface area (Å²) in [6.45, 7) is 2.27. The van der Waals surface area contributed by atoms with E-state index in [0.29, 0.717) is 28.5 Å². The number of nitrogens with zero attached hydrogens (tertiary/aromatic N) is 1. The topological polar surface area (TPSA) is 63.1 Å². The zero-order chi connectivity index (χ0) is 23.0. The molecule has 1 heterocycles. The molecule has 33 heavy (non-hydrogen) atoms. The summed E-state index contributed by atoms with van der Waals surface area (Å²) in [6.07, 6.45) is 1.57. The first-order valence-corrected chi connectivity index (χ1v) is 11.9. The molecular formula is C23H21Cl3FN3O2S. The van der Waals surface area contributed by atoms with Crippen LogP contribution in [0.4, 0.5) is 15.8 Å². The maximum Gasteiger partial charge on any atom is 0.269 e. The van der Waals surface area contributed by atoms with E-state index in [1.54, 1.807) is 37.5 Å². The number of aromatic nitrogens is 1. The van der Waals surface area contributed by atoms with Crippen LogP contribution in [0.5, 0.6) is 0 Å². The highest BCUT2D eigenvalue weighted by Crippen LogP contribution is 2.33. The molecule has 3 aromatic carbocycles. The number of rotatable bonds is 6. The van der Waals surface area contributed by atoms with Crippen LogP contribution in [0, 0.1) is 12.7 Å². The second-order valence-electron chi connectivity index (χ2n) is 7.40. The summed E-state index contributed by atoms with van der Waals surface area (Å²) < 4.78 is 42.5. The van der Waals surface area contributed by atoms with Crippen LogP contribution in [0.3, 0.4) is 0 Å². The minimum Gasteiger partial charge on any atom is -0.353 e. The number of anilines is 2. The molecule has 4 rings (SSSR count). The molecule has 174 valence electrons. The van der Waals surface area contributed by atoms with Crippen molar-refractivity contribution in [1.82, 2.24) is 9.29 Å². The average molecular weight is 529 g/mol. The molecule has 0 spiro atoms. The Balaban J connectivity index is 0.00000306. The minimum atomic E-state index is -4.02. The standard InChI is InChI=1S/C23H20Cl2FN3O2S.ClH/c1-14-3-7-21(20(26)9-14)28-17-5-6-18-15(12-27-2)13-29(22(18)11-17)32(30,31)23-8-4-16(24)10-19(23)25;/h3-11,13,27-28H,12H2,1-2H3;1H. The summed E-state index contributed by atoms with van der Waals surface area (Å²) in [4.78, 5) is -0.0561. The van der Waals surface area contributed by atoms with Crippen LogP contribution < -0.4 is 10.6 Å². The van der Waals surface area contributed by atoms with Crippen LogP contribution in [0.2, 0.25) is 10.0 Å². The Morgan fingerprint density at radius 1 is 1.03 bits per heavy atom. The largest absolute Gasteiger partial charge is 0.353 e. The van der Waals surface area contributed by atoms with Crippen molar-refractivity contribution in [2.24, 2.45) is 0 Å². The Morgan fingerprint density at radius 3 is 2.45 bits per heavy atom. The van der Waals surface area contributed by atoms with Crippen molar-refractivity contribution < 1.29 is 12.8 Å². The molecular weight excluding hydrogens is 508 g/mol. The molecule has 0 bridgehead atoms. The quantitative estimate of drug-likeness (QED) is 0.299. The van der Waals surface area contributed by atoms with Gasteiger partial charge in [0.25, 0.3) is 10.0 Å². The molecule has 0 atom stereocenters. The molecule has 0 amide bonds. The highest BCUT2D eigenvalue weighted by Gasteiger charge is 2.24. The van der Waals surface area contributed by atoms with Gasteiger partial charge in [0.1, 0.15) is 10.7 Å². The van der Waals surface area contributed by atoms with Gasteiger partial charge in [-0.15, -0.1) is 12.4 Å². The van der Waals surface area contributed by atoms with E-state index in [9.17, 15) is 12.8 Å². The number of aryl methyl sites for hydroxylation is 1. The van der Waals surface area contributed by atoms with E-state index in [-0.39, 0.29) is 22.3 Å². The van der Waals surface area contributed by atoms with Crippen molar-refractivity contribution in [2.45, 2.75) is 18.4 Å². The van der Waals surface area contributed by atoms with Crippen molar-refractivity contribution >= 4 is 67.9 Å². The Bertz CT molecular complexity index is 1440. The van der Waals surface area contributed by atoms with E-state index in [0.717, 1.165) is 16.5 Å². The van der Waals surface area contributed by atoms with E-state index in [1.165, 1.54) is 28.2 Å². The van der Waals surface area contributed by atoms with E-state index in [2.05, 4.69) is 10.6 Å². The zero-order valence-electron chi connectivity index (χ0n) is 17.7. The molecule has 0 aliphatic rings. The van der Waals surface area contributed by atoms with Gasteiger partial charge in [-0.3, -0.25) is 0 Å². The summed E-state index contributed by atoms with van der Waals surface area (Å²) in [5.41, 5.74) is 2.89. The van der Waals surface area contributed by atoms with E-state index < -0.39 is 15.8 Å². The molecule has 5 nitrogen and oxygen atoms in total. The molecule has 0 aliphatic heterocycles. The van der Waals surface area contributed by atoms with Gasteiger partial charge in [-0.2, -0.15) is 0 Å². The average Bonchev–Trinajstić information content (AvgIpc) is 3.09. The normalized spacial score (nSPS) is 11.4. The van der Waals surface area contributed by atoms with Gasteiger partial charge in [-0.25, -0.2) is 16.8 Å². The number of fused-ring (bicyclic) bond motifs is 1. The highest BCUT2D eigenvalue weighted by atomic mass is 35.5. The lowest BCUT2D eigenvalue weighted by molar-refractivity contribution is 0.589. The summed E-state index contributed by atoms with van der Waals surface area (Å²) in [7, 11) is -2.24. The molecule has 1 aromatic heterocycles. The molecule has 0 radical (unpaired) electrons. The molecule has 10 heteroatoms. The maximum absolute atomic E-state index is 14.3. The van der Waals surface area contributed by atoms with Crippen LogP contribution in [0.15, 0.2) is 65.7 Å². The van der Waals surface area contributed by atoms with Gasteiger partial charge in [0, 0.05) is 28.8 Å². The van der Waals surface area contributed by atoms with Crippen LogP contribution in [-0.2, 0) is 16.6 Å². The van der Waals surface area contributed by atoms with Gasteiger partial charge in [-0.1, -0.05) is 35.3 Å². The van der Waals surface area contributed by atoms with Crippen LogP contribution in [0.25, 0.3) is 10.9 Å². The number of benzene rings is 3. The van der Waals surface area contributed by atoms with Gasteiger partial charge in [0.2, 0.25) is 0 Å². The summed E-state index contributed by atoms with van der Waals surface area (Å²) in [5.74, 6) is -0.392. The fraction of sp³-hybridized carbons (Fsp3) is 0.130. The molecule has 0 fully saturated rings. The van der Waals surface area contributed by atoms with Gasteiger partial charge < -0.3 is 10.6 Å². The lowest BCUT2D eigenvalue weighted by atomic mass is 10.1. The number of hydrogen-bond donors (Lipinski definition) is 2. The monoisotopic (exact) mass is 527 g/mol. The third-order valence-corrected chi connectivity index (χ3v) is 7.45. The van der Waals surface area contributed by atoms with E-state index >= 15 is 0 Å². The Kier molecular flexibility index (Phi) is 7.61. The fourth-order valence-electron chi connectivity index (χ4n) is 3.54. The number of nitrogens with one attached hydrogen (secondary N) is 2. The second-order valence-corrected chi connectivity index (χ2v) is 10.0. The van der Waals surface area contributed by atoms with Crippen molar-refractivity contribution in [2.75, 3.05) is 12.4 Å². The summed E-state index contributed by atoms with van der Waals surface area (Å²) in [5, 5.41) is 7.20. The third-order valence-electron chi connectivity index (χ3n) is 5.06. The van der Waals surface area contributed by atoms with E-state index in [4.69, 9.17) is 23.2 Å². The van der Waals surface area contributed by atoms with Crippen LogP contribution in [0.1, 0.15) is 11.1 Å². The fourth-order valence-corrected chi connectivity index (χ4v) is 5.68. The van der Waals surface area contributed by atoms with Crippen molar-refractivity contribution in [3.63, 3.8) is 0 Å². The van der Waals surface area contributed by atoms with Crippen molar-refractivity contribution in [1.29, 1.82) is 0 Å². The smallest absolute Gasteiger partial charge is 0.269 e. The second kappa shape index (κ2) is 9.91. The van der Waals surface area contributed by atoms with E-state index in [1.807, 2.05) is 13.0 Å². The summed E-state index contributed by atoms with van der Waals surface area (Å²) in [6, 6.07) is 14.4. The minimum absolute atomic E-state index is 0. The first-order chi connectivity index (χ1) is 15.2. The molecule has 0 aliphatic carbocycles. The van der Waals surface area contributed by atoms with Crippen LogP contribution in [-0.4, -0.2) is 19.4 Å². The first kappa shape index (κ1) is 25.3. The number of hydrogen-bond acceptors (Lipinski definition) is 4. The molecule has 2 N–H and O–H groups in total. The Labute approximate surface area is 208 Å². The third kappa shape index (κ3) is 4.98. The van der Waals surface area contributed by atoms with Gasteiger partial charge in [-0.05, 0) is 67.6 Å². The lowest BCUT2D eigenvalue weighted by Gasteiger charge is -2.12. The maximum atomic E-state index is 14.3. The summed E-state index contributed by atoms with van der Waals surface area (Å²) >= 11 is 12.1. The zero-order valence-corrected chi connectivity index (χ0v) is 20.8. The molecule has 0 saturated carbocycles. The number of halogens is 4. The SMILES string of the molecule is CNCc1cn(S(=O)(=O)c2ccc(Cl)cc2Cl)c2cc(Nc3ccc(C)cc3F)ccc12.Cl. The van der Waals surface area contributed by atoms with Gasteiger partial charge >= 0.3 is 0 Å². The Hall–Kier alpha value is -2.29. The Morgan fingerprint density at radius 2 is 1.79 bits per heavy atom.